The highest BCUT2D eigenvalue weighted by Crippen LogP contribution is 2.12. The predicted molar refractivity (Wildman–Crippen MR) is 120 cm³/mol. The fraction of sp³-hybridized carbons (Fsp3) is 0.650. The topological polar surface area (TPSA) is 59.9 Å². The van der Waals surface area contributed by atoms with Crippen molar-refractivity contribution in [3.63, 3.8) is 0 Å². The lowest BCUT2D eigenvalue weighted by Crippen LogP contribution is -2.50. The fourth-order valence-corrected chi connectivity index (χ4v) is 3.22. The molecule has 3 N–H and O–H groups in total. The highest BCUT2D eigenvalue weighted by atomic mass is 127. The van der Waals surface area contributed by atoms with Gasteiger partial charge in [0.25, 0.3) is 0 Å². The number of aliphatic imine (C=N–C) groups is 1. The van der Waals surface area contributed by atoms with Crippen LogP contribution in [-0.4, -0.2) is 60.3 Å². The molecular formula is C20H35IN4O. The summed E-state index contributed by atoms with van der Waals surface area (Å²) in [6.45, 7) is 10.1. The molecule has 0 amide bonds. The van der Waals surface area contributed by atoms with Crippen molar-refractivity contribution in [1.29, 1.82) is 0 Å². The lowest BCUT2D eigenvalue weighted by molar-refractivity contribution is 0.167. The third-order valence-electron chi connectivity index (χ3n) is 4.72. The van der Waals surface area contributed by atoms with E-state index in [2.05, 4.69) is 41.3 Å². The average molecular weight is 474 g/mol. The van der Waals surface area contributed by atoms with E-state index in [-0.39, 0.29) is 24.0 Å². The molecule has 1 aliphatic heterocycles. The quantitative estimate of drug-likeness (QED) is 0.323. The lowest BCUT2D eigenvalue weighted by Gasteiger charge is -2.35. The standard InChI is InChI=1S/C20H34N4O.HI/c1-4-21-20(23-18-10-12-24(13-11-18)16(2)3)22-15-19(25)14-17-8-6-5-7-9-17;/h5-9,16,18-19,25H,4,10-15H2,1-3H3,(H2,21,22,23);1H. The van der Waals surface area contributed by atoms with E-state index in [1.807, 2.05) is 30.3 Å². The largest absolute Gasteiger partial charge is 0.391 e. The Labute approximate surface area is 175 Å². The first-order chi connectivity index (χ1) is 12.1. The molecule has 0 radical (unpaired) electrons. The van der Waals surface area contributed by atoms with Crippen molar-refractivity contribution in [3.8, 4) is 0 Å². The van der Waals surface area contributed by atoms with Crippen LogP contribution in [0.15, 0.2) is 35.3 Å². The number of halogens is 1. The maximum Gasteiger partial charge on any atom is 0.191 e. The van der Waals surface area contributed by atoms with Crippen molar-refractivity contribution in [2.45, 2.75) is 58.2 Å². The van der Waals surface area contributed by atoms with Crippen molar-refractivity contribution in [2.24, 2.45) is 4.99 Å². The number of rotatable bonds is 7. The van der Waals surface area contributed by atoms with Crippen molar-refractivity contribution < 1.29 is 5.11 Å². The summed E-state index contributed by atoms with van der Waals surface area (Å²) in [5.74, 6) is 0.817. The van der Waals surface area contributed by atoms with Gasteiger partial charge in [-0.3, -0.25) is 4.99 Å². The second kappa shape index (κ2) is 12.5. The Bertz CT molecular complexity index is 516. The molecule has 148 valence electrons. The van der Waals surface area contributed by atoms with E-state index in [1.165, 1.54) is 0 Å². The Kier molecular flexibility index (Phi) is 11.2. The molecule has 0 spiro atoms. The summed E-state index contributed by atoms with van der Waals surface area (Å²) < 4.78 is 0. The summed E-state index contributed by atoms with van der Waals surface area (Å²) in [5, 5.41) is 17.1. The van der Waals surface area contributed by atoms with E-state index < -0.39 is 6.10 Å². The van der Waals surface area contributed by atoms with E-state index in [0.29, 0.717) is 25.0 Å². The van der Waals surface area contributed by atoms with E-state index in [9.17, 15) is 5.11 Å². The second-order valence-corrected chi connectivity index (χ2v) is 7.11. The first kappa shape index (κ1) is 23.2. The highest BCUT2D eigenvalue weighted by Gasteiger charge is 2.21. The zero-order valence-corrected chi connectivity index (χ0v) is 18.6. The van der Waals surface area contributed by atoms with Crippen LogP contribution in [0.1, 0.15) is 39.2 Å². The molecule has 0 aromatic heterocycles. The van der Waals surface area contributed by atoms with Gasteiger partial charge in [-0.05, 0) is 39.2 Å². The zero-order chi connectivity index (χ0) is 18.1. The number of hydrogen-bond acceptors (Lipinski definition) is 3. The Morgan fingerprint density at radius 3 is 2.46 bits per heavy atom. The van der Waals surface area contributed by atoms with Crippen LogP contribution in [0.4, 0.5) is 0 Å². The van der Waals surface area contributed by atoms with Gasteiger partial charge in [0.15, 0.2) is 5.96 Å². The molecule has 1 unspecified atom stereocenters. The molecule has 1 heterocycles. The molecule has 0 aliphatic carbocycles. The first-order valence-electron chi connectivity index (χ1n) is 9.59. The molecule has 1 atom stereocenters. The van der Waals surface area contributed by atoms with Gasteiger partial charge < -0.3 is 20.6 Å². The molecule has 1 fully saturated rings. The third kappa shape index (κ3) is 8.22. The molecule has 0 saturated carbocycles. The minimum Gasteiger partial charge on any atom is -0.391 e. The smallest absolute Gasteiger partial charge is 0.191 e. The van der Waals surface area contributed by atoms with Crippen LogP contribution in [0.2, 0.25) is 0 Å². The summed E-state index contributed by atoms with van der Waals surface area (Å²) >= 11 is 0. The predicted octanol–water partition coefficient (Wildman–Crippen LogP) is 2.64. The van der Waals surface area contributed by atoms with E-state index in [0.717, 1.165) is 44.0 Å². The van der Waals surface area contributed by atoms with Gasteiger partial charge in [0.1, 0.15) is 0 Å². The molecule has 2 rings (SSSR count). The molecular weight excluding hydrogens is 439 g/mol. The number of piperidine rings is 1. The maximum absolute atomic E-state index is 10.3. The summed E-state index contributed by atoms with van der Waals surface area (Å²) in [4.78, 5) is 7.11. The van der Waals surface area contributed by atoms with Crippen molar-refractivity contribution >= 4 is 29.9 Å². The SMILES string of the molecule is CCNC(=NCC(O)Cc1ccccc1)NC1CCN(C(C)C)CC1.I. The van der Waals surface area contributed by atoms with Gasteiger partial charge in [-0.25, -0.2) is 0 Å². The van der Waals surface area contributed by atoms with Gasteiger partial charge in [0.05, 0.1) is 12.6 Å². The van der Waals surface area contributed by atoms with E-state index >= 15 is 0 Å². The van der Waals surface area contributed by atoms with Crippen LogP contribution in [0.25, 0.3) is 0 Å². The Morgan fingerprint density at radius 2 is 1.88 bits per heavy atom. The zero-order valence-electron chi connectivity index (χ0n) is 16.3. The van der Waals surface area contributed by atoms with Gasteiger partial charge >= 0.3 is 0 Å². The van der Waals surface area contributed by atoms with Crippen LogP contribution in [0.3, 0.4) is 0 Å². The van der Waals surface area contributed by atoms with E-state index in [4.69, 9.17) is 0 Å². The number of likely N-dealkylation sites (tertiary alicyclic amines) is 1. The van der Waals surface area contributed by atoms with Gasteiger partial charge in [0, 0.05) is 38.1 Å². The van der Waals surface area contributed by atoms with Gasteiger partial charge in [-0.1, -0.05) is 30.3 Å². The van der Waals surface area contributed by atoms with Gasteiger partial charge in [-0.2, -0.15) is 0 Å². The number of benzene rings is 1. The lowest BCUT2D eigenvalue weighted by atomic mass is 10.0. The number of guanidine groups is 1. The minimum absolute atomic E-state index is 0. The van der Waals surface area contributed by atoms with Crippen molar-refractivity contribution in [1.82, 2.24) is 15.5 Å². The molecule has 1 aromatic carbocycles. The van der Waals surface area contributed by atoms with Crippen LogP contribution >= 0.6 is 24.0 Å². The number of hydrogen-bond donors (Lipinski definition) is 3. The van der Waals surface area contributed by atoms with Crippen molar-refractivity contribution in [2.75, 3.05) is 26.2 Å². The Hall–Kier alpha value is -0.860. The maximum atomic E-state index is 10.3. The van der Waals surface area contributed by atoms with Crippen LogP contribution in [0, 0.1) is 0 Å². The van der Waals surface area contributed by atoms with Gasteiger partial charge in [-0.15, -0.1) is 24.0 Å². The number of nitrogens with one attached hydrogen (secondary N) is 2. The molecule has 6 heteroatoms. The molecule has 0 bridgehead atoms. The minimum atomic E-state index is -0.458. The molecule has 5 nitrogen and oxygen atoms in total. The number of nitrogens with zero attached hydrogens (tertiary/aromatic N) is 2. The first-order valence-corrected chi connectivity index (χ1v) is 9.59. The highest BCUT2D eigenvalue weighted by molar-refractivity contribution is 14.0. The number of aliphatic hydroxyl groups is 1. The van der Waals surface area contributed by atoms with Crippen LogP contribution in [-0.2, 0) is 6.42 Å². The summed E-state index contributed by atoms with van der Waals surface area (Å²) in [5.41, 5.74) is 1.14. The number of aliphatic hydroxyl groups excluding tert-OH is 1. The third-order valence-corrected chi connectivity index (χ3v) is 4.72. The van der Waals surface area contributed by atoms with Crippen LogP contribution < -0.4 is 10.6 Å². The summed E-state index contributed by atoms with van der Waals surface area (Å²) in [6, 6.07) is 11.2. The Morgan fingerprint density at radius 1 is 1.23 bits per heavy atom. The Balaban J connectivity index is 0.00000338. The average Bonchev–Trinajstić information content (AvgIpc) is 2.61. The van der Waals surface area contributed by atoms with Gasteiger partial charge in [0.2, 0.25) is 0 Å². The molecule has 1 saturated heterocycles. The normalized spacial score (nSPS) is 17.7. The second-order valence-electron chi connectivity index (χ2n) is 7.11. The monoisotopic (exact) mass is 474 g/mol. The van der Waals surface area contributed by atoms with E-state index in [1.54, 1.807) is 0 Å². The summed E-state index contributed by atoms with van der Waals surface area (Å²) in [7, 11) is 0. The molecule has 26 heavy (non-hydrogen) atoms. The molecule has 1 aliphatic rings. The van der Waals surface area contributed by atoms with Crippen molar-refractivity contribution in [3.05, 3.63) is 35.9 Å². The molecule has 1 aromatic rings. The fourth-order valence-electron chi connectivity index (χ4n) is 3.22. The van der Waals surface area contributed by atoms with Crippen LogP contribution in [0.5, 0.6) is 0 Å². The summed E-state index contributed by atoms with van der Waals surface area (Å²) in [6.07, 6.45) is 2.45.